The summed E-state index contributed by atoms with van der Waals surface area (Å²) in [5.41, 5.74) is 2.19. The van der Waals surface area contributed by atoms with Gasteiger partial charge in [-0.25, -0.2) is 26.8 Å². The molecule has 0 radical (unpaired) electrons. The van der Waals surface area contributed by atoms with Gasteiger partial charge < -0.3 is 19.3 Å². The van der Waals surface area contributed by atoms with Crippen LogP contribution in [0.4, 0.5) is 11.4 Å². The zero-order valence-corrected chi connectivity index (χ0v) is 37.5. The lowest BCUT2D eigenvalue weighted by molar-refractivity contribution is 0.203. The highest BCUT2D eigenvalue weighted by Crippen LogP contribution is 2.32. The molecule has 2 aliphatic rings. The van der Waals surface area contributed by atoms with Crippen molar-refractivity contribution in [3.05, 3.63) is 81.5 Å². The zero-order chi connectivity index (χ0) is 40.8. The molecule has 18 heteroatoms. The van der Waals surface area contributed by atoms with Crippen molar-refractivity contribution < 1.29 is 26.3 Å². The lowest BCUT2D eigenvalue weighted by Gasteiger charge is -2.26. The number of halogens is 2. The molecule has 2 aliphatic heterocycles. The van der Waals surface area contributed by atoms with Crippen LogP contribution in [-0.4, -0.2) is 106 Å². The van der Waals surface area contributed by atoms with Crippen LogP contribution in [0.2, 0.25) is 0 Å². The van der Waals surface area contributed by atoms with Crippen LogP contribution in [0.15, 0.2) is 79.9 Å². The Bertz CT molecular complexity index is 2100. The van der Waals surface area contributed by atoms with E-state index < -0.39 is 20.0 Å². The van der Waals surface area contributed by atoms with E-state index in [9.17, 15) is 16.8 Å². The number of aromatic nitrogens is 4. The molecule has 1 N–H and O–H groups in total. The van der Waals surface area contributed by atoms with Gasteiger partial charge >= 0.3 is 0 Å². The third kappa shape index (κ3) is 13.6. The Kier molecular flexibility index (Phi) is 16.9. The Balaban J connectivity index is 0.000000218. The van der Waals surface area contributed by atoms with Crippen molar-refractivity contribution in [3.63, 3.8) is 0 Å². The third-order valence-corrected chi connectivity index (χ3v) is 13.5. The van der Waals surface area contributed by atoms with Crippen molar-refractivity contribution in [1.82, 2.24) is 29.7 Å². The Hall–Kier alpha value is -3.42. The molecule has 14 nitrogen and oxygen atoms in total. The van der Waals surface area contributed by atoms with Crippen LogP contribution in [0.5, 0.6) is 11.8 Å². The third-order valence-electron chi connectivity index (χ3n) is 9.55. The Morgan fingerprint density at radius 3 is 1.68 bits per heavy atom. The molecular weight excluding hydrogens is 900 g/mol. The van der Waals surface area contributed by atoms with Gasteiger partial charge in [-0.05, 0) is 147 Å². The van der Waals surface area contributed by atoms with Crippen LogP contribution in [-0.2, 0) is 20.0 Å². The quantitative estimate of drug-likeness (QED) is 0.113. The normalized spacial score (nSPS) is 15.3. The second-order valence-electron chi connectivity index (χ2n) is 14.0. The van der Waals surface area contributed by atoms with Gasteiger partial charge in [-0.2, -0.15) is 0 Å². The van der Waals surface area contributed by atoms with Crippen molar-refractivity contribution in [1.29, 1.82) is 0 Å². The van der Waals surface area contributed by atoms with E-state index in [1.807, 2.05) is 6.92 Å². The highest BCUT2D eigenvalue weighted by molar-refractivity contribution is 9.10. The number of pyridine rings is 4. The van der Waals surface area contributed by atoms with E-state index in [0.29, 0.717) is 39.4 Å². The minimum atomic E-state index is -3.78. The van der Waals surface area contributed by atoms with E-state index in [4.69, 9.17) is 9.47 Å². The van der Waals surface area contributed by atoms with Crippen molar-refractivity contribution in [2.24, 2.45) is 0 Å². The predicted octanol–water partition coefficient (Wildman–Crippen LogP) is 7.23. The molecule has 0 aliphatic carbocycles. The van der Waals surface area contributed by atoms with Gasteiger partial charge in [-0.15, -0.1) is 0 Å². The number of hydrogen-bond acceptors (Lipinski definition) is 12. The van der Waals surface area contributed by atoms with Gasteiger partial charge in [0.15, 0.2) is 0 Å². The lowest BCUT2D eigenvalue weighted by atomic mass is 10.1. The van der Waals surface area contributed by atoms with Crippen molar-refractivity contribution in [2.45, 2.75) is 75.0 Å². The maximum absolute atomic E-state index is 13.0. The number of ether oxygens (including phenoxy) is 2. The first-order valence-corrected chi connectivity index (χ1v) is 23.7. The largest absolute Gasteiger partial charge is 0.476 e. The van der Waals surface area contributed by atoms with E-state index >= 15 is 0 Å². The average Bonchev–Trinajstić information content (AvgIpc) is 3.20. The van der Waals surface area contributed by atoms with Gasteiger partial charge in [0, 0.05) is 65.3 Å². The molecule has 0 spiro atoms. The highest BCUT2D eigenvalue weighted by atomic mass is 79.9. The molecule has 4 aromatic heterocycles. The maximum Gasteiger partial charge on any atom is 0.265 e. The Morgan fingerprint density at radius 2 is 1.16 bits per heavy atom. The molecule has 0 amide bonds. The van der Waals surface area contributed by atoms with Gasteiger partial charge in [-0.3, -0.25) is 19.0 Å². The van der Waals surface area contributed by atoms with Gasteiger partial charge in [0.05, 0.1) is 13.2 Å². The number of nitrogens with one attached hydrogen (secondary N) is 1. The van der Waals surface area contributed by atoms with Crippen molar-refractivity contribution in [2.75, 3.05) is 68.6 Å². The van der Waals surface area contributed by atoms with Gasteiger partial charge in [0.25, 0.3) is 20.0 Å². The summed E-state index contributed by atoms with van der Waals surface area (Å²) >= 11 is 6.70. The summed E-state index contributed by atoms with van der Waals surface area (Å²) in [5.74, 6) is 0.573. The average molecular weight is 953 g/mol. The maximum atomic E-state index is 13.0. The van der Waals surface area contributed by atoms with Crippen LogP contribution in [0.1, 0.15) is 62.8 Å². The monoisotopic (exact) mass is 950 g/mol. The van der Waals surface area contributed by atoms with E-state index in [0.717, 1.165) is 63.5 Å². The van der Waals surface area contributed by atoms with Gasteiger partial charge in [0.2, 0.25) is 11.8 Å². The van der Waals surface area contributed by atoms with Crippen LogP contribution in [0, 0.1) is 13.8 Å². The van der Waals surface area contributed by atoms with Crippen molar-refractivity contribution >= 4 is 63.3 Å². The summed E-state index contributed by atoms with van der Waals surface area (Å²) < 4.78 is 68.1. The highest BCUT2D eigenvalue weighted by Gasteiger charge is 2.26. The topological polar surface area (TPSA) is 160 Å². The molecule has 0 aromatic carbocycles. The minimum Gasteiger partial charge on any atom is -0.476 e. The van der Waals surface area contributed by atoms with E-state index in [1.54, 1.807) is 49.6 Å². The van der Waals surface area contributed by atoms with Crippen molar-refractivity contribution in [3.8, 4) is 11.8 Å². The molecule has 57 heavy (non-hydrogen) atoms. The molecule has 2 saturated heterocycles. The molecular formula is C39H52Br2N8O6S2. The number of rotatable bonds is 16. The van der Waals surface area contributed by atoms with Gasteiger partial charge in [0.1, 0.15) is 21.2 Å². The molecule has 2 fully saturated rings. The number of nitrogens with zero attached hydrogens (tertiary/aromatic N) is 7. The molecule has 0 unspecified atom stereocenters. The van der Waals surface area contributed by atoms with E-state index in [-0.39, 0.29) is 15.7 Å². The molecule has 0 bridgehead atoms. The molecule has 310 valence electrons. The van der Waals surface area contributed by atoms with E-state index in [2.05, 4.69) is 66.3 Å². The summed E-state index contributed by atoms with van der Waals surface area (Å²) in [5, 5.41) is 0. The summed E-state index contributed by atoms with van der Waals surface area (Å²) in [4.78, 5) is 21.8. The van der Waals surface area contributed by atoms with Crippen LogP contribution in [0.25, 0.3) is 0 Å². The second kappa shape index (κ2) is 21.5. The Labute approximate surface area is 354 Å². The molecule has 0 saturated carbocycles. The summed E-state index contributed by atoms with van der Waals surface area (Å²) in [6.45, 7) is 11.1. The number of sulfonamides is 2. The van der Waals surface area contributed by atoms with E-state index in [1.165, 1.54) is 68.3 Å². The fourth-order valence-corrected chi connectivity index (χ4v) is 9.13. The molecule has 4 aromatic rings. The number of aryl methyl sites for hydroxylation is 2. The SMILES string of the molecule is Cc1ccc(S(=O)(=O)N(C)c2cc(Br)cnc2OCCCN2CCCCC2)cn1.Cc1ccc(S(=O)(=O)Nc2cc(Br)cnc2OCCCN2CCCCC2)cn1. The first-order valence-electron chi connectivity index (χ1n) is 19.2. The van der Waals surface area contributed by atoms with Crippen LogP contribution < -0.4 is 18.5 Å². The predicted molar refractivity (Wildman–Crippen MR) is 229 cm³/mol. The smallest absolute Gasteiger partial charge is 0.265 e. The minimum absolute atomic E-state index is 0.0918. The molecule has 0 atom stereocenters. The zero-order valence-electron chi connectivity index (χ0n) is 32.7. The van der Waals surface area contributed by atoms with Crippen LogP contribution in [0.3, 0.4) is 0 Å². The lowest BCUT2D eigenvalue weighted by Crippen LogP contribution is -2.31. The van der Waals surface area contributed by atoms with Gasteiger partial charge in [-0.1, -0.05) is 12.8 Å². The number of likely N-dealkylation sites (tertiary alicyclic amines) is 2. The standard InChI is InChI=1S/C20H27BrN4O3S.C19H25BrN4O3S/c1-16-7-8-18(15-22-16)29(26,27)24(2)19-13-17(21)14-23-20(19)28-12-6-11-25-9-4-3-5-10-25;1-15-6-7-17(14-21-15)28(25,26)23-18-12-16(20)13-22-19(18)27-11-5-10-24-8-3-2-4-9-24/h7-8,13-15H,3-6,9-12H2,1-2H3;6-7,12-14,23H,2-5,8-11H2,1H3. The number of anilines is 2. The number of hydrogen-bond donors (Lipinski definition) is 1. The molecule has 6 rings (SSSR count). The summed E-state index contributed by atoms with van der Waals surface area (Å²) in [6.07, 6.45) is 15.3. The molecule has 6 heterocycles. The number of piperidine rings is 2. The first kappa shape index (κ1) is 44.7. The Morgan fingerprint density at radius 1 is 0.667 bits per heavy atom. The fourth-order valence-electron chi connectivity index (χ4n) is 6.36. The summed E-state index contributed by atoms with van der Waals surface area (Å²) in [6, 6.07) is 9.76. The van der Waals surface area contributed by atoms with Crippen LogP contribution >= 0.6 is 31.9 Å². The fraction of sp³-hybridized carbons (Fsp3) is 0.487. The second-order valence-corrected chi connectivity index (χ2v) is 19.5. The summed E-state index contributed by atoms with van der Waals surface area (Å²) in [7, 11) is -6.05. The first-order chi connectivity index (χ1) is 27.3.